The van der Waals surface area contributed by atoms with Gasteiger partial charge in [0.1, 0.15) is 5.76 Å². The second kappa shape index (κ2) is 2.40. The summed E-state index contributed by atoms with van der Waals surface area (Å²) in [6, 6.07) is 0. The molecule has 0 saturated carbocycles. The van der Waals surface area contributed by atoms with Gasteiger partial charge in [-0.1, -0.05) is 0 Å². The molecule has 0 saturated heterocycles. The third-order valence-corrected chi connectivity index (χ3v) is 1.43. The molecule has 9 heavy (non-hydrogen) atoms. The lowest BCUT2D eigenvalue weighted by molar-refractivity contribution is -0.119. The fourth-order valence-corrected chi connectivity index (χ4v) is 0.805. The van der Waals surface area contributed by atoms with Gasteiger partial charge in [-0.15, -0.1) is 11.6 Å². The molecule has 0 amide bonds. The van der Waals surface area contributed by atoms with Gasteiger partial charge < -0.3 is 4.74 Å². The minimum absolute atomic E-state index is 0.00523. The normalized spacial score (nSPS) is 25.8. The van der Waals surface area contributed by atoms with Crippen molar-refractivity contribution < 1.29 is 9.53 Å². The highest BCUT2D eigenvalue weighted by Crippen LogP contribution is 2.13. The Morgan fingerprint density at radius 3 is 2.78 bits per heavy atom. The van der Waals surface area contributed by atoms with Crippen LogP contribution in [0.3, 0.4) is 0 Å². The zero-order valence-electron chi connectivity index (χ0n) is 5.06. The highest BCUT2D eigenvalue weighted by atomic mass is 35.5. The van der Waals surface area contributed by atoms with Crippen LogP contribution in [0.5, 0.6) is 0 Å². The molecule has 1 aliphatic rings. The van der Waals surface area contributed by atoms with E-state index in [1.54, 1.807) is 6.92 Å². The van der Waals surface area contributed by atoms with E-state index >= 15 is 0 Å². The highest BCUT2D eigenvalue weighted by molar-refractivity contribution is 6.19. The second-order valence-electron chi connectivity index (χ2n) is 1.91. The maximum atomic E-state index is 10.7. The molecule has 1 rings (SSSR count). The number of hydrogen-bond donors (Lipinski definition) is 0. The monoisotopic (exact) mass is 146 g/mol. The number of ketones is 1. The van der Waals surface area contributed by atoms with E-state index < -0.39 is 0 Å². The van der Waals surface area contributed by atoms with Crippen molar-refractivity contribution in [2.75, 3.05) is 5.88 Å². The van der Waals surface area contributed by atoms with E-state index in [2.05, 4.69) is 0 Å². The number of rotatable bonds is 1. The molecule has 0 aromatic rings. The maximum Gasteiger partial charge on any atom is 0.199 e. The minimum atomic E-state index is -0.321. The summed E-state index contributed by atoms with van der Waals surface area (Å²) in [6.45, 7) is 1.71. The van der Waals surface area contributed by atoms with Gasteiger partial charge in [0.25, 0.3) is 0 Å². The number of hydrogen-bond acceptors (Lipinski definition) is 2. The lowest BCUT2D eigenvalue weighted by Gasteiger charge is -2.02. The third-order valence-electron chi connectivity index (χ3n) is 1.16. The van der Waals surface area contributed by atoms with Crippen molar-refractivity contribution in [3.05, 3.63) is 11.8 Å². The third kappa shape index (κ3) is 1.24. The van der Waals surface area contributed by atoms with Crippen LogP contribution >= 0.6 is 11.6 Å². The van der Waals surface area contributed by atoms with Crippen LogP contribution in [0.25, 0.3) is 0 Å². The molecule has 0 bridgehead atoms. The summed E-state index contributed by atoms with van der Waals surface area (Å²) in [4.78, 5) is 10.7. The van der Waals surface area contributed by atoms with Gasteiger partial charge in [0.2, 0.25) is 0 Å². The van der Waals surface area contributed by atoms with Crippen molar-refractivity contribution in [3.63, 3.8) is 0 Å². The van der Waals surface area contributed by atoms with Crippen molar-refractivity contribution in [2.24, 2.45) is 0 Å². The van der Waals surface area contributed by atoms with E-state index in [0.29, 0.717) is 5.76 Å². The summed E-state index contributed by atoms with van der Waals surface area (Å²) in [6.07, 6.45) is 1.12. The lowest BCUT2D eigenvalue weighted by atomic mass is 10.3. The number of carbonyl (C=O) groups is 1. The Hall–Kier alpha value is -0.500. The largest absolute Gasteiger partial charge is 0.486 e. The molecule has 1 aliphatic heterocycles. The van der Waals surface area contributed by atoms with Crippen LogP contribution < -0.4 is 0 Å². The molecular formula is C6H7ClO2. The summed E-state index contributed by atoms with van der Waals surface area (Å²) in [5.74, 6) is 0.871. The summed E-state index contributed by atoms with van der Waals surface area (Å²) in [7, 11) is 0. The second-order valence-corrected chi connectivity index (χ2v) is 2.17. The van der Waals surface area contributed by atoms with Crippen LogP contribution in [-0.2, 0) is 9.53 Å². The first-order chi connectivity index (χ1) is 4.24. The zero-order chi connectivity index (χ0) is 6.85. The summed E-state index contributed by atoms with van der Waals surface area (Å²) >= 11 is 5.39. The number of allylic oxidation sites excluding steroid dienone is 1. The van der Waals surface area contributed by atoms with Gasteiger partial charge in [0, 0.05) is 6.08 Å². The molecular weight excluding hydrogens is 140 g/mol. The summed E-state index contributed by atoms with van der Waals surface area (Å²) in [5, 5.41) is 0. The molecule has 0 aromatic heterocycles. The Labute approximate surface area is 58.4 Å². The molecule has 2 nitrogen and oxygen atoms in total. The predicted molar refractivity (Wildman–Crippen MR) is 34.4 cm³/mol. The van der Waals surface area contributed by atoms with Crippen LogP contribution in [0.2, 0.25) is 0 Å². The van der Waals surface area contributed by atoms with E-state index in [4.69, 9.17) is 16.3 Å². The van der Waals surface area contributed by atoms with Gasteiger partial charge in [-0.3, -0.25) is 4.79 Å². The smallest absolute Gasteiger partial charge is 0.199 e. The molecule has 0 N–H and O–H groups in total. The number of halogens is 1. The van der Waals surface area contributed by atoms with Crippen LogP contribution in [0.1, 0.15) is 6.92 Å². The van der Waals surface area contributed by atoms with Gasteiger partial charge in [0.05, 0.1) is 5.88 Å². The highest BCUT2D eigenvalue weighted by Gasteiger charge is 2.20. The molecule has 3 heteroatoms. The quantitative estimate of drug-likeness (QED) is 0.518. The Kier molecular flexibility index (Phi) is 1.76. The Morgan fingerprint density at radius 1 is 1.89 bits per heavy atom. The van der Waals surface area contributed by atoms with Crippen LogP contribution in [-0.4, -0.2) is 17.8 Å². The van der Waals surface area contributed by atoms with Gasteiger partial charge >= 0.3 is 0 Å². The van der Waals surface area contributed by atoms with Gasteiger partial charge in [-0.2, -0.15) is 0 Å². The minimum Gasteiger partial charge on any atom is -0.486 e. The van der Waals surface area contributed by atoms with Gasteiger partial charge in [0.15, 0.2) is 11.9 Å². The van der Waals surface area contributed by atoms with E-state index in [1.165, 1.54) is 6.08 Å². The summed E-state index contributed by atoms with van der Waals surface area (Å²) in [5.41, 5.74) is 0. The van der Waals surface area contributed by atoms with Crippen molar-refractivity contribution in [2.45, 2.75) is 13.0 Å². The maximum absolute atomic E-state index is 10.7. The fraction of sp³-hybridized carbons (Fsp3) is 0.500. The van der Waals surface area contributed by atoms with Crippen LogP contribution in [0.4, 0.5) is 0 Å². The Bertz CT molecular complexity index is 162. The molecule has 0 radical (unpaired) electrons. The van der Waals surface area contributed by atoms with Crippen molar-refractivity contribution in [1.82, 2.24) is 0 Å². The van der Waals surface area contributed by atoms with Crippen molar-refractivity contribution in [1.29, 1.82) is 0 Å². The molecule has 1 atom stereocenters. The SMILES string of the molecule is CC1OC(CCl)=CC1=O. The molecule has 1 unspecified atom stereocenters. The standard InChI is InChI=1S/C6H7ClO2/c1-4-6(8)2-5(3-7)9-4/h2,4H,3H2,1H3. The average Bonchev–Trinajstić information content (AvgIpc) is 2.13. The average molecular weight is 147 g/mol. The number of alkyl halides is 1. The zero-order valence-corrected chi connectivity index (χ0v) is 5.81. The number of ether oxygens (including phenoxy) is 1. The van der Waals surface area contributed by atoms with Crippen LogP contribution in [0, 0.1) is 0 Å². The van der Waals surface area contributed by atoms with E-state index in [0.717, 1.165) is 0 Å². The number of carbonyl (C=O) groups excluding carboxylic acids is 1. The molecule has 0 aromatic carbocycles. The van der Waals surface area contributed by atoms with Crippen molar-refractivity contribution in [3.8, 4) is 0 Å². The fourth-order valence-electron chi connectivity index (χ4n) is 0.665. The first kappa shape index (κ1) is 6.62. The lowest BCUT2D eigenvalue weighted by Crippen LogP contribution is -2.10. The van der Waals surface area contributed by atoms with E-state index in [9.17, 15) is 4.79 Å². The first-order valence-electron chi connectivity index (χ1n) is 2.71. The Balaban J connectivity index is 2.62. The van der Waals surface area contributed by atoms with Gasteiger partial charge in [-0.25, -0.2) is 0 Å². The van der Waals surface area contributed by atoms with E-state index in [1.807, 2.05) is 0 Å². The molecule has 1 heterocycles. The molecule has 0 spiro atoms. The topological polar surface area (TPSA) is 26.3 Å². The van der Waals surface area contributed by atoms with Gasteiger partial charge in [-0.05, 0) is 6.92 Å². The molecule has 0 aliphatic carbocycles. The van der Waals surface area contributed by atoms with E-state index in [-0.39, 0.29) is 17.8 Å². The first-order valence-corrected chi connectivity index (χ1v) is 3.24. The molecule has 0 fully saturated rings. The predicted octanol–water partition coefficient (Wildman–Crippen LogP) is 1.10. The Morgan fingerprint density at radius 2 is 2.56 bits per heavy atom. The van der Waals surface area contributed by atoms with Crippen molar-refractivity contribution >= 4 is 17.4 Å². The molecule has 50 valence electrons. The van der Waals surface area contributed by atoms with Crippen LogP contribution in [0.15, 0.2) is 11.8 Å². The summed E-state index contributed by atoms with van der Waals surface area (Å²) < 4.78 is 5.00.